The van der Waals surface area contributed by atoms with Gasteiger partial charge in [-0.3, -0.25) is 5.10 Å². The van der Waals surface area contributed by atoms with Crippen molar-refractivity contribution in [3.8, 4) is 0 Å². The molecule has 1 heterocycles. The van der Waals surface area contributed by atoms with Gasteiger partial charge >= 0.3 is 0 Å². The van der Waals surface area contributed by atoms with E-state index in [1.165, 1.54) is 0 Å². The van der Waals surface area contributed by atoms with Crippen molar-refractivity contribution in [2.45, 2.75) is 24.5 Å². The van der Waals surface area contributed by atoms with Crippen molar-refractivity contribution in [1.29, 1.82) is 0 Å². The molecule has 0 unspecified atom stereocenters. The summed E-state index contributed by atoms with van der Waals surface area (Å²) in [6.45, 7) is 0. The molecule has 0 bridgehead atoms. The lowest BCUT2D eigenvalue weighted by Crippen LogP contribution is -2.37. The van der Waals surface area contributed by atoms with Gasteiger partial charge in [0, 0.05) is 16.5 Å². The van der Waals surface area contributed by atoms with Crippen LogP contribution in [0.3, 0.4) is 0 Å². The van der Waals surface area contributed by atoms with Crippen molar-refractivity contribution < 1.29 is 13.5 Å². The van der Waals surface area contributed by atoms with Crippen LogP contribution in [0, 0.1) is 11.8 Å². The van der Waals surface area contributed by atoms with Gasteiger partial charge in [-0.15, -0.1) is 0 Å². The smallest absolute Gasteiger partial charge is 0.274 e. The van der Waals surface area contributed by atoms with Gasteiger partial charge in [-0.2, -0.15) is 18.2 Å². The van der Waals surface area contributed by atoms with Crippen LogP contribution >= 0.6 is 11.6 Å². The summed E-state index contributed by atoms with van der Waals surface area (Å²) in [5.41, 5.74) is 0.500. The Labute approximate surface area is 132 Å². The van der Waals surface area contributed by atoms with Gasteiger partial charge < -0.3 is 5.11 Å². The van der Waals surface area contributed by atoms with Crippen LogP contribution in [0.2, 0.25) is 5.02 Å². The molecule has 0 radical (unpaired) electrons. The molecule has 7 nitrogen and oxygen atoms in total. The fraction of sp³-hybridized carbons (Fsp3) is 0.462. The van der Waals surface area contributed by atoms with E-state index >= 15 is 0 Å². The number of benzene rings is 1. The van der Waals surface area contributed by atoms with E-state index in [4.69, 9.17) is 16.7 Å². The van der Waals surface area contributed by atoms with Crippen LogP contribution in [-0.4, -0.2) is 29.8 Å². The van der Waals surface area contributed by atoms with Crippen molar-refractivity contribution in [3.05, 3.63) is 28.9 Å². The number of nitrogens with one attached hydrogen (secondary N) is 2. The summed E-state index contributed by atoms with van der Waals surface area (Å²) in [5.74, 6) is 0.202. The molecule has 4 atom stereocenters. The average Bonchev–Trinajstić information content (AvgIpc) is 2.83. The largest absolute Gasteiger partial charge is 0.385 e. The zero-order valence-corrected chi connectivity index (χ0v) is 13.0. The van der Waals surface area contributed by atoms with Gasteiger partial charge in [0.25, 0.3) is 10.2 Å². The van der Waals surface area contributed by atoms with E-state index in [1.807, 2.05) is 0 Å². The average molecular weight is 343 g/mol. The van der Waals surface area contributed by atoms with Gasteiger partial charge in [-0.05, 0) is 42.4 Å². The molecule has 22 heavy (non-hydrogen) atoms. The fourth-order valence-corrected chi connectivity index (χ4v) is 4.80. The number of H-pyrrole nitrogens is 1. The highest BCUT2D eigenvalue weighted by molar-refractivity contribution is 7.87. The van der Waals surface area contributed by atoms with Crippen LogP contribution in [0.5, 0.6) is 0 Å². The highest BCUT2D eigenvalue weighted by Gasteiger charge is 2.62. The third-order valence-electron chi connectivity index (χ3n) is 4.80. The number of aromatic nitrogens is 2. The van der Waals surface area contributed by atoms with Crippen LogP contribution in [-0.2, 0) is 15.8 Å². The van der Waals surface area contributed by atoms with Gasteiger partial charge in [0.05, 0.1) is 17.3 Å². The van der Waals surface area contributed by atoms with Gasteiger partial charge in [0.1, 0.15) is 0 Å². The Morgan fingerprint density at radius 1 is 1.41 bits per heavy atom. The Hall–Kier alpha value is -1.19. The van der Waals surface area contributed by atoms with Gasteiger partial charge in [-0.1, -0.05) is 11.6 Å². The Morgan fingerprint density at radius 3 is 2.73 bits per heavy atom. The minimum Gasteiger partial charge on any atom is -0.385 e. The number of aliphatic hydroxyl groups is 1. The van der Waals surface area contributed by atoms with Crippen LogP contribution in [0.15, 0.2) is 18.3 Å². The second kappa shape index (κ2) is 4.42. The molecule has 0 spiro atoms. The number of fused-ring (bicyclic) bond motifs is 2. The zero-order valence-electron chi connectivity index (χ0n) is 11.5. The van der Waals surface area contributed by atoms with E-state index in [-0.39, 0.29) is 17.9 Å². The lowest BCUT2D eigenvalue weighted by atomic mass is 9.86. The summed E-state index contributed by atoms with van der Waals surface area (Å²) in [4.78, 5) is 0. The Bertz CT molecular complexity index is 853. The second-order valence-electron chi connectivity index (χ2n) is 6.24. The van der Waals surface area contributed by atoms with Crippen molar-refractivity contribution in [1.82, 2.24) is 14.9 Å². The predicted octanol–water partition coefficient (Wildman–Crippen LogP) is 0.605. The first-order valence-electron chi connectivity index (χ1n) is 6.92. The molecule has 2 aromatic rings. The van der Waals surface area contributed by atoms with Crippen LogP contribution in [0.4, 0.5) is 0 Å². The lowest BCUT2D eigenvalue weighted by Gasteiger charge is -2.27. The van der Waals surface area contributed by atoms with Gasteiger partial charge in [0.2, 0.25) is 0 Å². The van der Waals surface area contributed by atoms with Crippen molar-refractivity contribution in [2.75, 3.05) is 0 Å². The standard InChI is InChI=1S/C13H15ClN4O3S/c14-6-1-10(9-5-16-17-11(9)2-6)13(19)3-7-8(4-13)12(7)18-22(15,20)21/h1-2,5,7-8,12,18-19H,3-4H2,(H,16,17)(H2,15,20,21)/t7-,8+,12+,13-. The third kappa shape index (κ3) is 2.22. The first-order chi connectivity index (χ1) is 10.3. The topological polar surface area (TPSA) is 121 Å². The van der Waals surface area contributed by atoms with E-state index in [0.29, 0.717) is 17.9 Å². The molecule has 2 aliphatic rings. The highest BCUT2D eigenvalue weighted by Crippen LogP contribution is 2.60. The maximum absolute atomic E-state index is 11.1. The molecule has 5 N–H and O–H groups in total. The molecule has 0 saturated heterocycles. The first kappa shape index (κ1) is 14.4. The second-order valence-corrected chi connectivity index (χ2v) is 8.00. The summed E-state index contributed by atoms with van der Waals surface area (Å²) in [7, 11) is -3.71. The van der Waals surface area contributed by atoms with Crippen molar-refractivity contribution in [2.24, 2.45) is 17.0 Å². The highest BCUT2D eigenvalue weighted by atomic mass is 35.5. The van der Waals surface area contributed by atoms with Gasteiger partial charge in [-0.25, -0.2) is 5.14 Å². The van der Waals surface area contributed by atoms with Crippen molar-refractivity contribution >= 4 is 32.7 Å². The fourth-order valence-electron chi connectivity index (χ4n) is 3.85. The molecular weight excluding hydrogens is 328 g/mol. The quantitative estimate of drug-likeness (QED) is 0.652. The molecule has 0 aliphatic heterocycles. The summed E-state index contributed by atoms with van der Waals surface area (Å²) in [5, 5.41) is 24.2. The number of aromatic amines is 1. The Balaban J connectivity index is 1.64. The number of rotatable bonds is 3. The molecule has 4 rings (SSSR count). The predicted molar refractivity (Wildman–Crippen MR) is 81.2 cm³/mol. The van der Waals surface area contributed by atoms with E-state index in [1.54, 1.807) is 18.3 Å². The van der Waals surface area contributed by atoms with Crippen LogP contribution < -0.4 is 9.86 Å². The maximum Gasteiger partial charge on any atom is 0.274 e. The minimum absolute atomic E-state index is 0.101. The summed E-state index contributed by atoms with van der Waals surface area (Å²) >= 11 is 6.12. The van der Waals surface area contributed by atoms with Crippen LogP contribution in [0.25, 0.3) is 10.9 Å². The number of hydrogen-bond donors (Lipinski definition) is 4. The monoisotopic (exact) mass is 342 g/mol. The number of halogens is 1. The lowest BCUT2D eigenvalue weighted by molar-refractivity contribution is 0.0303. The van der Waals surface area contributed by atoms with Crippen molar-refractivity contribution in [3.63, 3.8) is 0 Å². The maximum atomic E-state index is 11.1. The number of nitrogens with two attached hydrogens (primary N) is 1. The zero-order chi connectivity index (χ0) is 15.7. The summed E-state index contributed by atoms with van der Waals surface area (Å²) in [6, 6.07) is 3.35. The molecular formula is C13H15ClN4O3S. The van der Waals surface area contributed by atoms with E-state index < -0.39 is 15.8 Å². The SMILES string of the molecule is NS(=O)(=O)N[C@H]1[C@@H]2C[C@](O)(c3cc(Cl)cc4[nH]ncc34)C[C@@H]21. The molecule has 118 valence electrons. The Kier molecular flexibility index (Phi) is 2.90. The number of nitrogens with zero attached hydrogens (tertiary/aromatic N) is 1. The molecule has 9 heteroatoms. The Morgan fingerprint density at radius 2 is 2.09 bits per heavy atom. The molecule has 2 aliphatic carbocycles. The normalized spacial score (nSPS) is 34.0. The van der Waals surface area contributed by atoms with Gasteiger partial charge in [0.15, 0.2) is 0 Å². The first-order valence-corrected chi connectivity index (χ1v) is 8.85. The molecule has 1 aromatic carbocycles. The van der Waals surface area contributed by atoms with E-state index in [2.05, 4.69) is 14.9 Å². The number of hydrogen-bond acceptors (Lipinski definition) is 4. The minimum atomic E-state index is -3.71. The third-order valence-corrected chi connectivity index (χ3v) is 5.62. The summed E-state index contributed by atoms with van der Waals surface area (Å²) in [6.07, 6.45) is 2.62. The molecule has 1 aromatic heterocycles. The molecule has 2 saturated carbocycles. The molecule has 2 fully saturated rings. The summed E-state index contributed by atoms with van der Waals surface area (Å²) < 4.78 is 24.6. The van der Waals surface area contributed by atoms with Crippen LogP contribution in [0.1, 0.15) is 18.4 Å². The van der Waals surface area contributed by atoms with E-state index in [9.17, 15) is 13.5 Å². The molecule has 0 amide bonds. The van der Waals surface area contributed by atoms with E-state index in [0.717, 1.165) is 16.5 Å².